The molecule has 1 aliphatic rings. The van der Waals surface area contributed by atoms with Gasteiger partial charge in [0.25, 0.3) is 5.56 Å². The first-order valence-electron chi connectivity index (χ1n) is 10.6. The first kappa shape index (κ1) is 23.3. The van der Waals surface area contributed by atoms with Crippen molar-refractivity contribution in [3.8, 4) is 0 Å². The lowest BCUT2D eigenvalue weighted by Gasteiger charge is -2.17. The minimum Gasteiger partial charge on any atom is -0.383 e. The number of nitrogens with one attached hydrogen (secondary N) is 1. The van der Waals surface area contributed by atoms with E-state index in [0.29, 0.717) is 35.8 Å². The smallest absolute Gasteiger partial charge is 0.263 e. The van der Waals surface area contributed by atoms with Crippen molar-refractivity contribution >= 4 is 50.8 Å². The number of aryl methyl sites for hydroxylation is 1. The standard InChI is InChI=1S/C23H26ClN3O3S2/c1-14-3-8-17-18(11-14)32-21-20(17)22(29)27(9-10-30-2)23(26-21)31-13-19(28)25-12-15-4-6-16(24)7-5-15/h4-7,14H,3,8-13H2,1-2H3,(H,25,28)/t14-/m1/s1. The summed E-state index contributed by atoms with van der Waals surface area (Å²) in [5.41, 5.74) is 2.12. The van der Waals surface area contributed by atoms with E-state index in [1.807, 2.05) is 12.1 Å². The van der Waals surface area contributed by atoms with Crippen LogP contribution in [0.1, 0.15) is 29.3 Å². The van der Waals surface area contributed by atoms with Gasteiger partial charge in [-0.05, 0) is 48.4 Å². The zero-order valence-electron chi connectivity index (χ0n) is 18.2. The van der Waals surface area contributed by atoms with E-state index in [4.69, 9.17) is 21.3 Å². The van der Waals surface area contributed by atoms with E-state index in [-0.39, 0.29) is 17.2 Å². The third-order valence-corrected chi connectivity index (χ3v) is 8.01. The van der Waals surface area contributed by atoms with Crippen molar-refractivity contribution in [2.75, 3.05) is 19.5 Å². The second-order valence-electron chi connectivity index (χ2n) is 8.07. The molecule has 2 heterocycles. The van der Waals surface area contributed by atoms with E-state index in [2.05, 4.69) is 12.2 Å². The van der Waals surface area contributed by atoms with Gasteiger partial charge in [-0.15, -0.1) is 11.3 Å². The molecule has 3 aromatic rings. The molecule has 6 nitrogen and oxygen atoms in total. The Labute approximate surface area is 200 Å². The predicted octanol–water partition coefficient (Wildman–Crippen LogP) is 4.29. The van der Waals surface area contributed by atoms with Crippen LogP contribution in [-0.4, -0.2) is 34.9 Å². The summed E-state index contributed by atoms with van der Waals surface area (Å²) in [4.78, 5) is 32.7. The van der Waals surface area contributed by atoms with Crippen molar-refractivity contribution in [2.24, 2.45) is 5.92 Å². The van der Waals surface area contributed by atoms with E-state index < -0.39 is 0 Å². The maximum absolute atomic E-state index is 13.4. The van der Waals surface area contributed by atoms with E-state index in [9.17, 15) is 9.59 Å². The fraction of sp³-hybridized carbons (Fsp3) is 0.435. The second kappa shape index (κ2) is 10.4. The van der Waals surface area contributed by atoms with Crippen molar-refractivity contribution < 1.29 is 9.53 Å². The van der Waals surface area contributed by atoms with Gasteiger partial charge in [-0.2, -0.15) is 0 Å². The Balaban J connectivity index is 1.53. The molecule has 2 aromatic heterocycles. The summed E-state index contributed by atoms with van der Waals surface area (Å²) >= 11 is 8.82. The number of methoxy groups -OCH3 is 1. The minimum atomic E-state index is -0.114. The molecule has 1 aromatic carbocycles. The topological polar surface area (TPSA) is 73.2 Å². The Morgan fingerprint density at radius 3 is 2.91 bits per heavy atom. The van der Waals surface area contributed by atoms with Crippen LogP contribution in [0.4, 0.5) is 0 Å². The largest absolute Gasteiger partial charge is 0.383 e. The summed E-state index contributed by atoms with van der Waals surface area (Å²) in [6, 6.07) is 7.36. The average Bonchev–Trinajstić information content (AvgIpc) is 3.14. The number of hydrogen-bond donors (Lipinski definition) is 1. The lowest BCUT2D eigenvalue weighted by atomic mass is 9.89. The molecule has 0 aliphatic heterocycles. The van der Waals surface area contributed by atoms with Crippen LogP contribution < -0.4 is 10.9 Å². The molecular weight excluding hydrogens is 466 g/mol. The molecule has 170 valence electrons. The molecule has 0 fully saturated rings. The number of benzene rings is 1. The number of aromatic nitrogens is 2. The van der Waals surface area contributed by atoms with Crippen molar-refractivity contribution in [1.82, 2.24) is 14.9 Å². The van der Waals surface area contributed by atoms with E-state index >= 15 is 0 Å². The van der Waals surface area contributed by atoms with Crippen molar-refractivity contribution in [3.05, 3.63) is 55.6 Å². The Bertz CT molecular complexity index is 1170. The van der Waals surface area contributed by atoms with Crippen molar-refractivity contribution in [1.29, 1.82) is 0 Å². The predicted molar refractivity (Wildman–Crippen MR) is 131 cm³/mol. The minimum absolute atomic E-state index is 0.0248. The number of carbonyl (C=O) groups excluding carboxylic acids is 1. The Morgan fingerprint density at radius 2 is 2.16 bits per heavy atom. The molecular formula is C23H26ClN3O3S2. The van der Waals surface area contributed by atoms with Gasteiger partial charge in [0.05, 0.1) is 24.3 Å². The van der Waals surface area contributed by atoms with Gasteiger partial charge >= 0.3 is 0 Å². The molecule has 32 heavy (non-hydrogen) atoms. The number of nitrogens with zero attached hydrogens (tertiary/aromatic N) is 2. The normalized spacial score (nSPS) is 15.7. The molecule has 1 atom stereocenters. The summed E-state index contributed by atoms with van der Waals surface area (Å²) in [5.74, 6) is 0.696. The number of amides is 1. The van der Waals surface area contributed by atoms with Crippen LogP contribution in [0, 0.1) is 5.92 Å². The van der Waals surface area contributed by atoms with Crippen LogP contribution >= 0.6 is 34.7 Å². The second-order valence-corrected chi connectivity index (χ2v) is 10.5. The van der Waals surface area contributed by atoms with Gasteiger partial charge in [-0.3, -0.25) is 14.2 Å². The maximum atomic E-state index is 13.4. The highest BCUT2D eigenvalue weighted by atomic mass is 35.5. The Kier molecular flexibility index (Phi) is 7.55. The molecule has 0 bridgehead atoms. The van der Waals surface area contributed by atoms with Crippen LogP contribution in [-0.2, 0) is 35.5 Å². The number of carbonyl (C=O) groups is 1. The fourth-order valence-electron chi connectivity index (χ4n) is 3.88. The number of thiophene rings is 1. The molecule has 0 radical (unpaired) electrons. The van der Waals surface area contributed by atoms with E-state index in [0.717, 1.165) is 35.0 Å². The molecule has 1 aliphatic carbocycles. The number of rotatable bonds is 8. The zero-order valence-corrected chi connectivity index (χ0v) is 20.5. The lowest BCUT2D eigenvalue weighted by Crippen LogP contribution is -2.28. The van der Waals surface area contributed by atoms with Crippen LogP contribution in [0.15, 0.2) is 34.2 Å². The van der Waals surface area contributed by atoms with Gasteiger partial charge in [0.15, 0.2) is 5.16 Å². The van der Waals surface area contributed by atoms with E-state index in [1.54, 1.807) is 35.1 Å². The fourth-order valence-corrected chi connectivity index (χ4v) is 6.28. The summed E-state index contributed by atoms with van der Waals surface area (Å²) < 4.78 is 6.88. The quantitative estimate of drug-likeness (QED) is 0.376. The van der Waals surface area contributed by atoms with Gasteiger partial charge in [-0.1, -0.05) is 42.4 Å². The Morgan fingerprint density at radius 1 is 1.38 bits per heavy atom. The van der Waals surface area contributed by atoms with Gasteiger partial charge in [0.1, 0.15) is 4.83 Å². The molecule has 0 saturated heterocycles. The molecule has 1 amide bonds. The monoisotopic (exact) mass is 491 g/mol. The summed E-state index contributed by atoms with van der Waals surface area (Å²) in [7, 11) is 1.61. The Hall–Kier alpha value is -1.87. The first-order chi connectivity index (χ1) is 15.5. The van der Waals surface area contributed by atoms with Gasteiger partial charge in [0, 0.05) is 23.6 Å². The van der Waals surface area contributed by atoms with Gasteiger partial charge in [0.2, 0.25) is 5.91 Å². The highest BCUT2D eigenvalue weighted by Crippen LogP contribution is 2.36. The SMILES string of the molecule is COCCn1c(SCC(=O)NCc2ccc(Cl)cc2)nc2sc3c(c2c1=O)CC[C@@H](C)C3. The summed E-state index contributed by atoms with van der Waals surface area (Å²) in [6.07, 6.45) is 3.03. The average molecular weight is 492 g/mol. The third kappa shape index (κ3) is 5.20. The number of thioether (sulfide) groups is 1. The third-order valence-electron chi connectivity index (χ3n) is 5.63. The maximum Gasteiger partial charge on any atom is 0.263 e. The van der Waals surface area contributed by atoms with Crippen LogP contribution in [0.2, 0.25) is 5.02 Å². The molecule has 0 saturated carbocycles. The highest BCUT2D eigenvalue weighted by Gasteiger charge is 2.24. The molecule has 1 N–H and O–H groups in total. The number of fused-ring (bicyclic) bond motifs is 3. The summed E-state index contributed by atoms with van der Waals surface area (Å²) in [5, 5.41) is 4.89. The van der Waals surface area contributed by atoms with Gasteiger partial charge in [-0.25, -0.2) is 4.98 Å². The van der Waals surface area contributed by atoms with Crippen LogP contribution in [0.25, 0.3) is 10.2 Å². The molecule has 9 heteroatoms. The highest BCUT2D eigenvalue weighted by molar-refractivity contribution is 7.99. The number of halogens is 1. The van der Waals surface area contributed by atoms with Crippen molar-refractivity contribution in [2.45, 2.75) is 44.4 Å². The first-order valence-corrected chi connectivity index (χ1v) is 12.8. The van der Waals surface area contributed by atoms with Crippen LogP contribution in [0.5, 0.6) is 0 Å². The number of hydrogen-bond acceptors (Lipinski definition) is 6. The molecule has 0 spiro atoms. The number of ether oxygens (including phenoxy) is 1. The van der Waals surface area contributed by atoms with E-state index in [1.165, 1.54) is 22.2 Å². The van der Waals surface area contributed by atoms with Gasteiger partial charge < -0.3 is 10.1 Å². The molecule has 4 rings (SSSR count). The lowest BCUT2D eigenvalue weighted by molar-refractivity contribution is -0.118. The molecule has 0 unspecified atom stereocenters. The zero-order chi connectivity index (χ0) is 22.7. The van der Waals surface area contributed by atoms with Crippen LogP contribution in [0.3, 0.4) is 0 Å². The summed E-state index contributed by atoms with van der Waals surface area (Å²) in [6.45, 7) is 3.50. The van der Waals surface area contributed by atoms with Crippen molar-refractivity contribution in [3.63, 3.8) is 0 Å².